The lowest BCUT2D eigenvalue weighted by molar-refractivity contribution is -0.119. The first kappa shape index (κ1) is 8.31. The second-order valence-corrected chi connectivity index (χ2v) is 3.37. The van der Waals surface area contributed by atoms with Crippen molar-refractivity contribution in [2.24, 2.45) is 5.92 Å². The number of hydrogen-bond acceptors (Lipinski definition) is 2. The van der Waals surface area contributed by atoms with Gasteiger partial charge in [-0.3, -0.25) is 4.79 Å². The van der Waals surface area contributed by atoms with E-state index in [2.05, 4.69) is 13.8 Å². The number of ether oxygens (including phenoxy) is 1. The van der Waals surface area contributed by atoms with Gasteiger partial charge in [-0.05, 0) is 12.8 Å². The third kappa shape index (κ3) is 2.07. The first-order valence-corrected chi connectivity index (χ1v) is 4.00. The number of allylic oxidation sites excluding steroid dienone is 1. The van der Waals surface area contributed by atoms with Crippen LogP contribution >= 0.6 is 0 Å². The summed E-state index contributed by atoms with van der Waals surface area (Å²) in [6.45, 7) is 6.00. The van der Waals surface area contributed by atoms with E-state index in [1.165, 1.54) is 0 Å². The zero-order chi connectivity index (χ0) is 8.43. The molecule has 62 valence electrons. The summed E-state index contributed by atoms with van der Waals surface area (Å²) in [5, 5.41) is 0. The molecular weight excluding hydrogens is 140 g/mol. The largest absolute Gasteiger partial charge is 0.487 e. The first-order chi connectivity index (χ1) is 5.09. The molecule has 11 heavy (non-hydrogen) atoms. The molecule has 0 aliphatic carbocycles. The Kier molecular flexibility index (Phi) is 2.32. The van der Waals surface area contributed by atoms with Crippen molar-refractivity contribution in [2.75, 3.05) is 0 Å². The van der Waals surface area contributed by atoms with E-state index in [0.717, 1.165) is 12.2 Å². The van der Waals surface area contributed by atoms with Gasteiger partial charge in [-0.15, -0.1) is 0 Å². The molecule has 0 aromatic rings. The molecule has 2 nitrogen and oxygen atoms in total. The predicted octanol–water partition coefficient (Wildman–Crippen LogP) is 1.90. The summed E-state index contributed by atoms with van der Waals surface area (Å²) in [5.74, 6) is 1.50. The highest BCUT2D eigenvalue weighted by Gasteiger charge is 2.22. The highest BCUT2D eigenvalue weighted by Crippen LogP contribution is 2.20. The van der Waals surface area contributed by atoms with E-state index < -0.39 is 0 Å². The summed E-state index contributed by atoms with van der Waals surface area (Å²) in [7, 11) is 0. The Morgan fingerprint density at radius 2 is 2.27 bits per heavy atom. The minimum absolute atomic E-state index is 0.0978. The quantitative estimate of drug-likeness (QED) is 0.607. The average Bonchev–Trinajstić information content (AvgIpc) is 2.10. The highest BCUT2D eigenvalue weighted by atomic mass is 16.5. The minimum atomic E-state index is -0.247. The van der Waals surface area contributed by atoms with Gasteiger partial charge in [0.25, 0.3) is 0 Å². The number of carbonyl (C=O) groups is 1. The van der Waals surface area contributed by atoms with Crippen molar-refractivity contribution in [3.05, 3.63) is 11.8 Å². The van der Waals surface area contributed by atoms with E-state index in [0.29, 0.717) is 5.92 Å². The number of hydrogen-bond donors (Lipinski definition) is 0. The molecule has 0 radical (unpaired) electrons. The Bertz CT molecular complexity index is 192. The molecule has 0 N–H and O–H groups in total. The molecule has 1 aliphatic rings. The summed E-state index contributed by atoms with van der Waals surface area (Å²) in [6.07, 6.45) is 2.24. The monoisotopic (exact) mass is 154 g/mol. The van der Waals surface area contributed by atoms with Crippen LogP contribution in [0.2, 0.25) is 0 Å². The summed E-state index contributed by atoms with van der Waals surface area (Å²) in [5.41, 5.74) is 0. The number of rotatable bonds is 2. The lowest BCUT2D eigenvalue weighted by Gasteiger charge is -2.08. The molecule has 0 aromatic carbocycles. The van der Waals surface area contributed by atoms with Gasteiger partial charge in [0.15, 0.2) is 11.9 Å². The van der Waals surface area contributed by atoms with Crippen LogP contribution in [0.1, 0.15) is 27.2 Å². The SMILES string of the molecule is CC(C)CC1=CC(=O)C(C)O1. The first-order valence-electron chi connectivity index (χ1n) is 4.00. The number of carbonyl (C=O) groups excluding carboxylic acids is 1. The topological polar surface area (TPSA) is 26.3 Å². The second-order valence-electron chi connectivity index (χ2n) is 3.37. The minimum Gasteiger partial charge on any atom is -0.487 e. The van der Waals surface area contributed by atoms with Crippen molar-refractivity contribution in [1.82, 2.24) is 0 Å². The molecule has 2 heteroatoms. The van der Waals surface area contributed by atoms with Crippen LogP contribution in [0.25, 0.3) is 0 Å². The van der Waals surface area contributed by atoms with E-state index in [4.69, 9.17) is 4.74 Å². The van der Waals surface area contributed by atoms with Gasteiger partial charge in [-0.2, -0.15) is 0 Å². The van der Waals surface area contributed by atoms with Gasteiger partial charge in [-0.1, -0.05) is 13.8 Å². The zero-order valence-corrected chi connectivity index (χ0v) is 7.26. The Labute approximate surface area is 67.2 Å². The summed E-state index contributed by atoms with van der Waals surface area (Å²) >= 11 is 0. The Morgan fingerprint density at radius 1 is 1.64 bits per heavy atom. The third-order valence-electron chi connectivity index (χ3n) is 1.64. The van der Waals surface area contributed by atoms with Crippen LogP contribution in [0, 0.1) is 5.92 Å². The van der Waals surface area contributed by atoms with Gasteiger partial charge in [0, 0.05) is 12.5 Å². The molecule has 0 bridgehead atoms. The lowest BCUT2D eigenvalue weighted by Crippen LogP contribution is -2.10. The standard InChI is InChI=1S/C9H14O2/c1-6(2)4-8-5-9(10)7(3)11-8/h5-7H,4H2,1-3H3. The van der Waals surface area contributed by atoms with Crippen molar-refractivity contribution in [2.45, 2.75) is 33.3 Å². The van der Waals surface area contributed by atoms with E-state index >= 15 is 0 Å². The van der Waals surface area contributed by atoms with Crippen molar-refractivity contribution >= 4 is 5.78 Å². The molecular formula is C9H14O2. The summed E-state index contributed by atoms with van der Waals surface area (Å²) in [4.78, 5) is 11.0. The van der Waals surface area contributed by atoms with Gasteiger partial charge >= 0.3 is 0 Å². The molecule has 0 amide bonds. The molecule has 1 aliphatic heterocycles. The Hall–Kier alpha value is -0.790. The Balaban J connectivity index is 2.50. The molecule has 0 spiro atoms. The molecule has 1 unspecified atom stereocenters. The fourth-order valence-electron chi connectivity index (χ4n) is 1.10. The fraction of sp³-hybridized carbons (Fsp3) is 0.667. The van der Waals surface area contributed by atoms with Crippen LogP contribution in [0.3, 0.4) is 0 Å². The van der Waals surface area contributed by atoms with Crippen LogP contribution in [0.15, 0.2) is 11.8 Å². The summed E-state index contributed by atoms with van der Waals surface area (Å²) in [6, 6.07) is 0. The second kappa shape index (κ2) is 3.07. The van der Waals surface area contributed by atoms with Crippen LogP contribution in [-0.4, -0.2) is 11.9 Å². The van der Waals surface area contributed by atoms with Crippen LogP contribution in [0.5, 0.6) is 0 Å². The van der Waals surface area contributed by atoms with Crippen LogP contribution in [0.4, 0.5) is 0 Å². The van der Waals surface area contributed by atoms with Crippen LogP contribution < -0.4 is 0 Å². The molecule has 0 saturated carbocycles. The lowest BCUT2D eigenvalue weighted by atomic mass is 10.1. The normalized spacial score (nSPS) is 23.8. The maximum absolute atomic E-state index is 11.0. The summed E-state index contributed by atoms with van der Waals surface area (Å²) < 4.78 is 5.30. The fourth-order valence-corrected chi connectivity index (χ4v) is 1.10. The molecule has 1 heterocycles. The van der Waals surface area contributed by atoms with Gasteiger partial charge in [-0.25, -0.2) is 0 Å². The van der Waals surface area contributed by atoms with Crippen molar-refractivity contribution in [3.63, 3.8) is 0 Å². The van der Waals surface area contributed by atoms with Crippen molar-refractivity contribution in [1.29, 1.82) is 0 Å². The van der Waals surface area contributed by atoms with Gasteiger partial charge in [0.05, 0.1) is 0 Å². The molecule has 1 atom stereocenters. The molecule has 1 rings (SSSR count). The number of ketones is 1. The third-order valence-corrected chi connectivity index (χ3v) is 1.64. The average molecular weight is 154 g/mol. The van der Waals surface area contributed by atoms with E-state index in [-0.39, 0.29) is 11.9 Å². The smallest absolute Gasteiger partial charge is 0.199 e. The molecule has 0 saturated heterocycles. The zero-order valence-electron chi connectivity index (χ0n) is 7.26. The Morgan fingerprint density at radius 3 is 2.64 bits per heavy atom. The molecule has 0 fully saturated rings. The van der Waals surface area contributed by atoms with E-state index in [1.54, 1.807) is 13.0 Å². The van der Waals surface area contributed by atoms with Gasteiger partial charge in [0.2, 0.25) is 0 Å². The maximum Gasteiger partial charge on any atom is 0.199 e. The predicted molar refractivity (Wildman–Crippen MR) is 43.1 cm³/mol. The van der Waals surface area contributed by atoms with Crippen molar-refractivity contribution < 1.29 is 9.53 Å². The van der Waals surface area contributed by atoms with Gasteiger partial charge < -0.3 is 4.74 Å². The maximum atomic E-state index is 11.0. The van der Waals surface area contributed by atoms with E-state index in [1.807, 2.05) is 0 Å². The van der Waals surface area contributed by atoms with Gasteiger partial charge in [0.1, 0.15) is 5.76 Å². The van der Waals surface area contributed by atoms with Crippen molar-refractivity contribution in [3.8, 4) is 0 Å². The highest BCUT2D eigenvalue weighted by molar-refractivity contribution is 5.95. The van der Waals surface area contributed by atoms with E-state index in [9.17, 15) is 4.79 Å². The molecule has 0 aromatic heterocycles. The van der Waals surface area contributed by atoms with Crippen LogP contribution in [-0.2, 0) is 9.53 Å².